The molecule has 2 rings (SSSR count). The van der Waals surface area contributed by atoms with Gasteiger partial charge in [-0.15, -0.1) is 0 Å². The molecule has 4 nitrogen and oxygen atoms in total. The van der Waals surface area contributed by atoms with Gasteiger partial charge in [-0.25, -0.2) is 8.42 Å². The first kappa shape index (κ1) is 22.6. The number of rotatable bonds is 8. The smallest absolute Gasteiger partial charge is 0.381 e. The average Bonchev–Trinajstić information content (AvgIpc) is 2.64. The van der Waals surface area contributed by atoms with Gasteiger partial charge in [-0.3, -0.25) is 0 Å². The maximum Gasteiger partial charge on any atom is 0.416 e. The SMILES string of the molecule is CN([C@H]1CC[C@H](COCCCBr)CC1)S(=O)(=O)c1ccc(C(F)(F)F)cc1. The van der Waals surface area contributed by atoms with Crippen LogP contribution in [-0.4, -0.2) is 44.4 Å². The van der Waals surface area contributed by atoms with Crippen molar-refractivity contribution in [1.82, 2.24) is 4.31 Å². The second-order valence-corrected chi connectivity index (χ2v) is 9.63. The van der Waals surface area contributed by atoms with Gasteiger partial charge in [-0.05, 0) is 62.3 Å². The maximum absolute atomic E-state index is 12.7. The van der Waals surface area contributed by atoms with Crippen molar-refractivity contribution in [3.8, 4) is 0 Å². The van der Waals surface area contributed by atoms with Crippen molar-refractivity contribution in [3.05, 3.63) is 29.8 Å². The number of hydrogen-bond donors (Lipinski definition) is 0. The first-order chi connectivity index (χ1) is 12.7. The fourth-order valence-corrected chi connectivity index (χ4v) is 4.90. The molecule has 1 aromatic carbocycles. The molecule has 0 heterocycles. The van der Waals surface area contributed by atoms with Gasteiger partial charge in [0.05, 0.1) is 10.5 Å². The molecule has 1 aliphatic carbocycles. The summed E-state index contributed by atoms with van der Waals surface area (Å²) in [5.41, 5.74) is -0.857. The second kappa shape index (κ2) is 9.71. The first-order valence-corrected chi connectivity index (χ1v) is 11.5. The average molecular weight is 472 g/mol. The molecule has 9 heteroatoms. The van der Waals surface area contributed by atoms with E-state index in [4.69, 9.17) is 4.74 Å². The van der Waals surface area contributed by atoms with E-state index in [2.05, 4.69) is 15.9 Å². The predicted molar refractivity (Wildman–Crippen MR) is 101 cm³/mol. The van der Waals surface area contributed by atoms with E-state index in [9.17, 15) is 21.6 Å². The van der Waals surface area contributed by atoms with Crippen LogP contribution < -0.4 is 0 Å². The Labute approximate surface area is 167 Å². The largest absolute Gasteiger partial charge is 0.416 e. The van der Waals surface area contributed by atoms with Crippen LogP contribution in [0.4, 0.5) is 13.2 Å². The Bertz CT molecular complexity index is 687. The predicted octanol–water partition coefficient (Wildman–Crippen LogP) is 4.69. The number of ether oxygens (including phenoxy) is 1. The van der Waals surface area contributed by atoms with E-state index in [0.717, 1.165) is 61.7 Å². The summed E-state index contributed by atoms with van der Waals surface area (Å²) in [7, 11) is -2.31. The van der Waals surface area contributed by atoms with Gasteiger partial charge in [0, 0.05) is 31.6 Å². The normalized spacial score (nSPS) is 21.6. The van der Waals surface area contributed by atoms with Gasteiger partial charge in [0.15, 0.2) is 0 Å². The Morgan fingerprint density at radius 1 is 1.15 bits per heavy atom. The number of nitrogens with zero attached hydrogens (tertiary/aromatic N) is 1. The number of hydrogen-bond acceptors (Lipinski definition) is 3. The van der Waals surface area contributed by atoms with Gasteiger partial charge in [0.2, 0.25) is 10.0 Å². The van der Waals surface area contributed by atoms with Crippen molar-refractivity contribution in [2.75, 3.05) is 25.6 Å². The summed E-state index contributed by atoms with van der Waals surface area (Å²) in [6.45, 7) is 1.41. The Morgan fingerprint density at radius 2 is 1.74 bits per heavy atom. The zero-order chi connectivity index (χ0) is 20.1. The molecule has 0 spiro atoms. The molecule has 1 fully saturated rings. The molecule has 0 unspecified atom stereocenters. The molecule has 0 aromatic heterocycles. The molecule has 1 aromatic rings. The van der Waals surface area contributed by atoms with E-state index < -0.39 is 21.8 Å². The summed E-state index contributed by atoms with van der Waals surface area (Å²) in [5.74, 6) is 0.429. The van der Waals surface area contributed by atoms with Gasteiger partial charge >= 0.3 is 6.18 Å². The molecule has 0 radical (unpaired) electrons. The van der Waals surface area contributed by atoms with Gasteiger partial charge in [-0.2, -0.15) is 17.5 Å². The highest BCUT2D eigenvalue weighted by Gasteiger charge is 2.33. The highest BCUT2D eigenvalue weighted by molar-refractivity contribution is 9.09. The Kier molecular flexibility index (Phi) is 8.15. The second-order valence-electron chi connectivity index (χ2n) is 6.84. The highest BCUT2D eigenvalue weighted by Crippen LogP contribution is 2.32. The summed E-state index contributed by atoms with van der Waals surface area (Å²) in [6, 6.07) is 3.52. The van der Waals surface area contributed by atoms with Crippen molar-refractivity contribution in [2.24, 2.45) is 5.92 Å². The molecule has 0 saturated heterocycles. The van der Waals surface area contributed by atoms with Crippen LogP contribution in [0.25, 0.3) is 0 Å². The van der Waals surface area contributed by atoms with Crippen LogP contribution in [0, 0.1) is 5.92 Å². The topological polar surface area (TPSA) is 46.6 Å². The van der Waals surface area contributed by atoms with Crippen molar-refractivity contribution in [2.45, 2.75) is 49.2 Å². The molecule has 0 N–H and O–H groups in total. The molecule has 154 valence electrons. The third-order valence-corrected chi connectivity index (χ3v) is 7.45. The molecular weight excluding hydrogens is 447 g/mol. The molecule has 1 saturated carbocycles. The van der Waals surface area contributed by atoms with Gasteiger partial charge in [0.25, 0.3) is 0 Å². The number of benzene rings is 1. The maximum atomic E-state index is 12.7. The lowest BCUT2D eigenvalue weighted by Crippen LogP contribution is -2.39. The molecule has 27 heavy (non-hydrogen) atoms. The fourth-order valence-electron chi connectivity index (χ4n) is 3.26. The van der Waals surface area contributed by atoms with Crippen LogP contribution in [0.15, 0.2) is 29.2 Å². The summed E-state index contributed by atoms with van der Waals surface area (Å²) in [5, 5.41) is 0.909. The van der Waals surface area contributed by atoms with Crippen LogP contribution in [-0.2, 0) is 20.9 Å². The number of alkyl halides is 4. The third-order valence-electron chi connectivity index (χ3n) is 4.96. The van der Waals surface area contributed by atoms with Crippen molar-refractivity contribution >= 4 is 26.0 Å². The van der Waals surface area contributed by atoms with Crippen LogP contribution >= 0.6 is 15.9 Å². The lowest BCUT2D eigenvalue weighted by molar-refractivity contribution is -0.137. The minimum absolute atomic E-state index is 0.113. The van der Waals surface area contributed by atoms with Crippen molar-refractivity contribution < 1.29 is 26.3 Å². The van der Waals surface area contributed by atoms with E-state index >= 15 is 0 Å². The summed E-state index contributed by atoms with van der Waals surface area (Å²) in [4.78, 5) is -0.113. The van der Waals surface area contributed by atoms with Gasteiger partial charge in [0.1, 0.15) is 0 Å². The number of halogens is 4. The molecular formula is C18H25BrF3NO3S. The molecule has 0 amide bonds. The minimum Gasteiger partial charge on any atom is -0.381 e. The first-order valence-electron chi connectivity index (χ1n) is 8.95. The quantitative estimate of drug-likeness (QED) is 0.408. The third kappa shape index (κ3) is 6.17. The standard InChI is InChI=1S/C18H25BrF3NO3S/c1-23(16-7-3-14(4-8-16)13-26-12-2-11-19)27(24,25)17-9-5-15(6-10-17)18(20,21)22/h5-6,9-10,14,16H,2-4,7-8,11-13H2,1H3/t14-,16-. The van der Waals surface area contributed by atoms with Crippen molar-refractivity contribution in [1.29, 1.82) is 0 Å². The highest BCUT2D eigenvalue weighted by atomic mass is 79.9. The van der Waals surface area contributed by atoms with E-state index in [1.54, 1.807) is 0 Å². The van der Waals surface area contributed by atoms with Crippen LogP contribution in [0.3, 0.4) is 0 Å². The van der Waals surface area contributed by atoms with Crippen LogP contribution in [0.1, 0.15) is 37.7 Å². The molecule has 0 bridgehead atoms. The zero-order valence-corrected chi connectivity index (χ0v) is 17.6. The Balaban J connectivity index is 1.94. The number of sulfonamides is 1. The molecule has 0 atom stereocenters. The lowest BCUT2D eigenvalue weighted by Gasteiger charge is -2.34. The summed E-state index contributed by atoms with van der Waals surface area (Å²) < 4.78 is 70.4. The van der Waals surface area contributed by atoms with E-state index in [-0.39, 0.29) is 10.9 Å². The van der Waals surface area contributed by atoms with E-state index in [1.807, 2.05) is 0 Å². The van der Waals surface area contributed by atoms with Gasteiger partial charge in [-0.1, -0.05) is 15.9 Å². The zero-order valence-electron chi connectivity index (χ0n) is 15.2. The fraction of sp³-hybridized carbons (Fsp3) is 0.667. The van der Waals surface area contributed by atoms with E-state index in [0.29, 0.717) is 19.1 Å². The van der Waals surface area contributed by atoms with Crippen LogP contribution in [0.5, 0.6) is 0 Å². The minimum atomic E-state index is -4.48. The summed E-state index contributed by atoms with van der Waals surface area (Å²) in [6.07, 6.45) is -0.310. The van der Waals surface area contributed by atoms with Gasteiger partial charge < -0.3 is 4.74 Å². The lowest BCUT2D eigenvalue weighted by atomic mass is 9.86. The van der Waals surface area contributed by atoms with Crippen molar-refractivity contribution in [3.63, 3.8) is 0 Å². The summed E-state index contributed by atoms with van der Waals surface area (Å²) >= 11 is 3.35. The molecule has 1 aliphatic rings. The van der Waals surface area contributed by atoms with E-state index in [1.165, 1.54) is 11.4 Å². The molecule has 0 aliphatic heterocycles. The Morgan fingerprint density at radius 3 is 2.26 bits per heavy atom. The van der Waals surface area contributed by atoms with Crippen LogP contribution in [0.2, 0.25) is 0 Å². The monoisotopic (exact) mass is 471 g/mol. The Hall–Kier alpha value is -0.640.